The molecular weight excluding hydrogens is 321 g/mol. The first-order valence-electron chi connectivity index (χ1n) is 6.13. The highest BCUT2D eigenvalue weighted by molar-refractivity contribution is 6.30. The second-order valence-corrected chi connectivity index (χ2v) is 5.01. The van der Waals surface area contributed by atoms with Gasteiger partial charge in [-0.15, -0.1) is 24.8 Å². The van der Waals surface area contributed by atoms with Gasteiger partial charge in [0.15, 0.2) is 0 Å². The maximum Gasteiger partial charge on any atom is 0.239 e. The predicted molar refractivity (Wildman–Crippen MR) is 88.4 cm³/mol. The molecule has 0 radical (unpaired) electrons. The summed E-state index contributed by atoms with van der Waals surface area (Å²) in [4.78, 5) is 15.8. The second-order valence-electron chi connectivity index (χ2n) is 4.58. The summed E-state index contributed by atoms with van der Waals surface area (Å²) >= 11 is 5.86. The molecular formula is C13H20Cl3N3O. The zero-order valence-corrected chi connectivity index (χ0v) is 13.7. The Hall–Kier alpha value is -0.680. The van der Waals surface area contributed by atoms with Crippen molar-refractivity contribution in [2.75, 3.05) is 31.1 Å². The van der Waals surface area contributed by atoms with Gasteiger partial charge in [0, 0.05) is 36.9 Å². The van der Waals surface area contributed by atoms with E-state index in [1.54, 1.807) is 6.92 Å². The summed E-state index contributed by atoms with van der Waals surface area (Å²) in [7, 11) is 0. The third kappa shape index (κ3) is 4.70. The number of benzene rings is 1. The Kier molecular flexibility index (Phi) is 8.28. The maximum absolute atomic E-state index is 11.8. The average molecular weight is 341 g/mol. The smallest absolute Gasteiger partial charge is 0.239 e. The fourth-order valence-electron chi connectivity index (χ4n) is 2.12. The molecule has 4 nitrogen and oxygen atoms in total. The topological polar surface area (TPSA) is 49.6 Å². The van der Waals surface area contributed by atoms with E-state index in [4.69, 9.17) is 17.3 Å². The fraction of sp³-hybridized carbons (Fsp3) is 0.462. The molecule has 7 heteroatoms. The van der Waals surface area contributed by atoms with Crippen molar-refractivity contribution in [2.24, 2.45) is 5.73 Å². The number of carbonyl (C=O) groups is 1. The molecule has 0 aliphatic carbocycles. The molecule has 1 atom stereocenters. The molecule has 1 amide bonds. The van der Waals surface area contributed by atoms with Gasteiger partial charge in [0.25, 0.3) is 0 Å². The van der Waals surface area contributed by atoms with E-state index in [9.17, 15) is 4.79 Å². The Balaban J connectivity index is 0.00000180. The van der Waals surface area contributed by atoms with E-state index in [-0.39, 0.29) is 30.7 Å². The van der Waals surface area contributed by atoms with Crippen LogP contribution in [-0.2, 0) is 4.79 Å². The zero-order valence-electron chi connectivity index (χ0n) is 11.3. The van der Waals surface area contributed by atoms with Gasteiger partial charge >= 0.3 is 0 Å². The number of carbonyl (C=O) groups excluding carboxylic acids is 1. The van der Waals surface area contributed by atoms with Gasteiger partial charge in [0.05, 0.1) is 6.04 Å². The van der Waals surface area contributed by atoms with Crippen LogP contribution < -0.4 is 10.6 Å². The van der Waals surface area contributed by atoms with E-state index in [0.717, 1.165) is 36.9 Å². The van der Waals surface area contributed by atoms with Gasteiger partial charge in [-0.2, -0.15) is 0 Å². The standard InChI is InChI=1S/C13H18ClN3O.2ClH/c1-10(15)13(18)17-8-6-16(7-9-17)12-4-2-11(14)3-5-12;;/h2-5,10H,6-9,15H2,1H3;2*1H. The molecule has 0 saturated carbocycles. The Morgan fingerprint density at radius 2 is 1.65 bits per heavy atom. The van der Waals surface area contributed by atoms with E-state index in [1.807, 2.05) is 29.2 Å². The fourth-order valence-corrected chi connectivity index (χ4v) is 2.25. The number of piperazine rings is 1. The molecule has 1 aromatic carbocycles. The van der Waals surface area contributed by atoms with Crippen molar-refractivity contribution in [2.45, 2.75) is 13.0 Å². The van der Waals surface area contributed by atoms with Crippen molar-refractivity contribution in [3.8, 4) is 0 Å². The molecule has 1 fully saturated rings. The number of halogens is 3. The summed E-state index contributed by atoms with van der Waals surface area (Å²) in [5, 5.41) is 0.740. The van der Waals surface area contributed by atoms with Crippen LogP contribution in [0.5, 0.6) is 0 Å². The zero-order chi connectivity index (χ0) is 13.1. The minimum atomic E-state index is -0.410. The highest BCUT2D eigenvalue weighted by atomic mass is 35.5. The van der Waals surface area contributed by atoms with Crippen LogP contribution in [0.2, 0.25) is 5.02 Å². The maximum atomic E-state index is 11.8. The van der Waals surface area contributed by atoms with Gasteiger partial charge in [-0.25, -0.2) is 0 Å². The van der Waals surface area contributed by atoms with Crippen molar-refractivity contribution in [3.05, 3.63) is 29.3 Å². The van der Waals surface area contributed by atoms with Gasteiger partial charge in [-0.05, 0) is 31.2 Å². The first-order chi connectivity index (χ1) is 8.58. The number of anilines is 1. The second kappa shape index (κ2) is 8.57. The molecule has 1 heterocycles. The summed E-state index contributed by atoms with van der Waals surface area (Å²) in [6.07, 6.45) is 0. The average Bonchev–Trinajstić information content (AvgIpc) is 2.39. The summed E-state index contributed by atoms with van der Waals surface area (Å²) in [6, 6.07) is 7.37. The van der Waals surface area contributed by atoms with Gasteiger partial charge < -0.3 is 15.5 Å². The third-order valence-electron chi connectivity index (χ3n) is 3.17. The molecule has 0 aromatic heterocycles. The van der Waals surface area contributed by atoms with Crippen molar-refractivity contribution >= 4 is 48.0 Å². The van der Waals surface area contributed by atoms with Crippen LogP contribution in [0.4, 0.5) is 5.69 Å². The van der Waals surface area contributed by atoms with E-state index < -0.39 is 6.04 Å². The minimum Gasteiger partial charge on any atom is -0.368 e. The van der Waals surface area contributed by atoms with Gasteiger partial charge in [-0.1, -0.05) is 11.6 Å². The Labute approximate surface area is 137 Å². The van der Waals surface area contributed by atoms with Crippen LogP contribution in [0.15, 0.2) is 24.3 Å². The largest absolute Gasteiger partial charge is 0.368 e. The molecule has 0 spiro atoms. The number of hydrogen-bond donors (Lipinski definition) is 1. The number of nitrogens with two attached hydrogens (primary N) is 1. The Bertz CT molecular complexity index is 417. The van der Waals surface area contributed by atoms with Crippen molar-refractivity contribution in [3.63, 3.8) is 0 Å². The molecule has 1 saturated heterocycles. The summed E-state index contributed by atoms with van der Waals surface area (Å²) in [6.45, 7) is 4.85. The monoisotopic (exact) mass is 339 g/mol. The highest BCUT2D eigenvalue weighted by Crippen LogP contribution is 2.19. The lowest BCUT2D eigenvalue weighted by Crippen LogP contribution is -2.52. The summed E-state index contributed by atoms with van der Waals surface area (Å²) < 4.78 is 0. The lowest BCUT2D eigenvalue weighted by atomic mass is 10.2. The predicted octanol–water partition coefficient (Wildman–Crippen LogP) is 2.18. The van der Waals surface area contributed by atoms with Crippen LogP contribution >= 0.6 is 36.4 Å². The minimum absolute atomic E-state index is 0. The number of rotatable bonds is 2. The first-order valence-corrected chi connectivity index (χ1v) is 6.50. The van der Waals surface area contributed by atoms with Gasteiger partial charge in [0.1, 0.15) is 0 Å². The highest BCUT2D eigenvalue weighted by Gasteiger charge is 2.22. The van der Waals surface area contributed by atoms with Crippen LogP contribution in [0.3, 0.4) is 0 Å². The van der Waals surface area contributed by atoms with Crippen LogP contribution in [0.25, 0.3) is 0 Å². The molecule has 2 rings (SSSR count). The molecule has 1 aliphatic rings. The first kappa shape index (κ1) is 19.3. The van der Waals surface area contributed by atoms with Crippen molar-refractivity contribution in [1.82, 2.24) is 4.90 Å². The van der Waals surface area contributed by atoms with Crippen LogP contribution in [0, 0.1) is 0 Å². The van der Waals surface area contributed by atoms with E-state index >= 15 is 0 Å². The lowest BCUT2D eigenvalue weighted by molar-refractivity contribution is -0.132. The molecule has 1 aliphatic heterocycles. The molecule has 1 aromatic rings. The van der Waals surface area contributed by atoms with Crippen molar-refractivity contribution in [1.29, 1.82) is 0 Å². The number of amides is 1. The Morgan fingerprint density at radius 3 is 2.10 bits per heavy atom. The normalized spacial score (nSPS) is 15.9. The molecule has 2 N–H and O–H groups in total. The SMILES string of the molecule is CC(N)C(=O)N1CCN(c2ccc(Cl)cc2)CC1.Cl.Cl. The van der Waals surface area contributed by atoms with E-state index in [0.29, 0.717) is 0 Å². The summed E-state index contributed by atoms with van der Waals surface area (Å²) in [5.74, 6) is 0.0331. The number of nitrogens with zero attached hydrogens (tertiary/aromatic N) is 2. The Morgan fingerprint density at radius 1 is 1.15 bits per heavy atom. The number of hydrogen-bond acceptors (Lipinski definition) is 3. The molecule has 20 heavy (non-hydrogen) atoms. The van der Waals surface area contributed by atoms with Crippen LogP contribution in [0.1, 0.15) is 6.92 Å². The lowest BCUT2D eigenvalue weighted by Gasteiger charge is -2.36. The molecule has 1 unspecified atom stereocenters. The molecule has 114 valence electrons. The van der Waals surface area contributed by atoms with Crippen molar-refractivity contribution < 1.29 is 4.79 Å². The van der Waals surface area contributed by atoms with E-state index in [2.05, 4.69) is 4.90 Å². The van der Waals surface area contributed by atoms with Gasteiger partial charge in [0.2, 0.25) is 5.91 Å². The van der Waals surface area contributed by atoms with Crippen LogP contribution in [-0.4, -0.2) is 43.0 Å². The third-order valence-corrected chi connectivity index (χ3v) is 3.42. The summed E-state index contributed by atoms with van der Waals surface area (Å²) in [5.41, 5.74) is 6.76. The quantitative estimate of drug-likeness (QED) is 0.898. The van der Waals surface area contributed by atoms with E-state index in [1.165, 1.54) is 0 Å². The van der Waals surface area contributed by atoms with Gasteiger partial charge in [-0.3, -0.25) is 4.79 Å². The molecule has 0 bridgehead atoms.